The van der Waals surface area contributed by atoms with Gasteiger partial charge in [0, 0.05) is 44.5 Å². The van der Waals surface area contributed by atoms with Crippen molar-refractivity contribution in [1.29, 1.82) is 0 Å². The minimum Gasteiger partial charge on any atom is -0.370 e. The van der Waals surface area contributed by atoms with Crippen LogP contribution in [-0.4, -0.2) is 52.0 Å². The molecule has 128 valence electrons. The molecule has 6 heteroatoms. The Hall–Kier alpha value is -2.89. The number of aryl methyl sites for hydroxylation is 1. The van der Waals surface area contributed by atoms with Crippen LogP contribution in [-0.2, 0) is 7.05 Å². The lowest BCUT2D eigenvalue weighted by atomic mass is 10.1. The highest BCUT2D eigenvalue weighted by atomic mass is 16.2. The van der Waals surface area contributed by atoms with E-state index in [4.69, 9.17) is 0 Å². The number of rotatable bonds is 2. The van der Waals surface area contributed by atoms with E-state index in [1.807, 2.05) is 36.2 Å². The summed E-state index contributed by atoms with van der Waals surface area (Å²) in [4.78, 5) is 17.2. The topological polar surface area (TPSA) is 54.3 Å². The average Bonchev–Trinajstić information content (AvgIpc) is 2.87. The van der Waals surface area contributed by atoms with Gasteiger partial charge in [0.1, 0.15) is 5.52 Å². The van der Waals surface area contributed by atoms with E-state index < -0.39 is 0 Å². The van der Waals surface area contributed by atoms with Gasteiger partial charge in [-0.05, 0) is 36.8 Å². The first-order chi connectivity index (χ1) is 12.2. The number of anilines is 1. The number of benzene rings is 2. The highest BCUT2D eigenvalue weighted by Crippen LogP contribution is 2.18. The smallest absolute Gasteiger partial charge is 0.253 e. The molecule has 0 unspecified atom stereocenters. The van der Waals surface area contributed by atoms with Gasteiger partial charge in [-0.1, -0.05) is 23.4 Å². The molecule has 0 radical (unpaired) electrons. The molecule has 3 aromatic rings. The molecule has 1 aromatic heterocycles. The van der Waals surface area contributed by atoms with Gasteiger partial charge in [0.05, 0.1) is 5.52 Å². The summed E-state index contributed by atoms with van der Waals surface area (Å²) in [7, 11) is 1.84. The van der Waals surface area contributed by atoms with Crippen LogP contribution in [0, 0.1) is 0 Å². The number of para-hydroxylation sites is 1. The monoisotopic (exact) mass is 335 g/mol. The normalized spacial score (nSPS) is 15.4. The molecule has 0 bridgehead atoms. The summed E-state index contributed by atoms with van der Waals surface area (Å²) in [6, 6.07) is 16.0. The summed E-state index contributed by atoms with van der Waals surface area (Å²) >= 11 is 0. The third-order valence-corrected chi connectivity index (χ3v) is 4.76. The zero-order valence-corrected chi connectivity index (χ0v) is 14.3. The second-order valence-corrected chi connectivity index (χ2v) is 6.38. The molecule has 25 heavy (non-hydrogen) atoms. The summed E-state index contributed by atoms with van der Waals surface area (Å²) in [5, 5.41) is 8.07. The molecule has 1 amide bonds. The van der Waals surface area contributed by atoms with Crippen LogP contribution in [0.15, 0.2) is 48.5 Å². The molecule has 1 fully saturated rings. The Kier molecular flexibility index (Phi) is 4.09. The zero-order valence-electron chi connectivity index (χ0n) is 14.3. The molecule has 1 aliphatic heterocycles. The summed E-state index contributed by atoms with van der Waals surface area (Å²) in [6.07, 6.45) is 0.968. The molecule has 0 N–H and O–H groups in total. The van der Waals surface area contributed by atoms with Crippen molar-refractivity contribution in [3.63, 3.8) is 0 Å². The number of hydrogen-bond donors (Lipinski definition) is 0. The quantitative estimate of drug-likeness (QED) is 0.721. The number of aromatic nitrogens is 3. The molecule has 1 aliphatic rings. The highest BCUT2D eigenvalue weighted by molar-refractivity contribution is 5.97. The van der Waals surface area contributed by atoms with Crippen molar-refractivity contribution in [1.82, 2.24) is 19.9 Å². The van der Waals surface area contributed by atoms with Crippen LogP contribution < -0.4 is 4.90 Å². The van der Waals surface area contributed by atoms with Gasteiger partial charge >= 0.3 is 0 Å². The van der Waals surface area contributed by atoms with Crippen LogP contribution in [0.4, 0.5) is 5.69 Å². The molecule has 1 saturated heterocycles. The van der Waals surface area contributed by atoms with Crippen LogP contribution in [0.1, 0.15) is 16.8 Å². The Morgan fingerprint density at radius 3 is 2.68 bits per heavy atom. The van der Waals surface area contributed by atoms with E-state index in [1.165, 1.54) is 5.69 Å². The van der Waals surface area contributed by atoms with Gasteiger partial charge in [-0.3, -0.25) is 4.79 Å². The summed E-state index contributed by atoms with van der Waals surface area (Å²) in [5.41, 5.74) is 3.61. The van der Waals surface area contributed by atoms with Gasteiger partial charge in [-0.2, -0.15) is 0 Å². The molecular weight excluding hydrogens is 314 g/mol. The lowest BCUT2D eigenvalue weighted by Crippen LogP contribution is -2.35. The molecule has 0 atom stereocenters. The van der Waals surface area contributed by atoms with Crippen LogP contribution in [0.25, 0.3) is 11.0 Å². The standard InChI is InChI=1S/C19H21N5O/c1-22-18-14-15(8-9-17(18)20-21-22)19(25)24-11-5-10-23(12-13-24)16-6-3-2-4-7-16/h2-4,6-9,14H,5,10-13H2,1H3. The molecule has 6 nitrogen and oxygen atoms in total. The van der Waals surface area contributed by atoms with Gasteiger partial charge in [0.25, 0.3) is 5.91 Å². The fraction of sp³-hybridized carbons (Fsp3) is 0.316. The SMILES string of the molecule is Cn1nnc2ccc(C(=O)N3CCCN(c4ccccc4)CC3)cc21. The number of hydrogen-bond acceptors (Lipinski definition) is 4. The number of carbonyl (C=O) groups excluding carboxylic acids is 1. The first-order valence-electron chi connectivity index (χ1n) is 8.61. The molecule has 0 aliphatic carbocycles. The van der Waals surface area contributed by atoms with Gasteiger partial charge in [-0.25, -0.2) is 4.68 Å². The second kappa shape index (κ2) is 6.55. The fourth-order valence-corrected chi connectivity index (χ4v) is 3.36. The lowest BCUT2D eigenvalue weighted by Gasteiger charge is -2.23. The average molecular weight is 335 g/mol. The number of fused-ring (bicyclic) bond motifs is 1. The van der Waals surface area contributed by atoms with E-state index >= 15 is 0 Å². The predicted molar refractivity (Wildman–Crippen MR) is 97.7 cm³/mol. The lowest BCUT2D eigenvalue weighted by molar-refractivity contribution is 0.0767. The van der Waals surface area contributed by atoms with Crippen LogP contribution >= 0.6 is 0 Å². The Bertz CT molecular complexity index is 889. The molecule has 2 heterocycles. The van der Waals surface area contributed by atoms with E-state index in [1.54, 1.807) is 4.68 Å². The summed E-state index contributed by atoms with van der Waals surface area (Å²) < 4.78 is 1.70. The second-order valence-electron chi connectivity index (χ2n) is 6.38. The first-order valence-corrected chi connectivity index (χ1v) is 8.61. The minimum absolute atomic E-state index is 0.0815. The Morgan fingerprint density at radius 2 is 1.84 bits per heavy atom. The predicted octanol–water partition coefficient (Wildman–Crippen LogP) is 2.32. The largest absolute Gasteiger partial charge is 0.370 e. The van der Waals surface area contributed by atoms with Crippen molar-refractivity contribution in [2.45, 2.75) is 6.42 Å². The number of carbonyl (C=O) groups is 1. The Labute approximate surface area is 146 Å². The van der Waals surface area contributed by atoms with E-state index in [-0.39, 0.29) is 5.91 Å². The fourth-order valence-electron chi connectivity index (χ4n) is 3.36. The van der Waals surface area contributed by atoms with Gasteiger partial charge in [0.15, 0.2) is 0 Å². The third-order valence-electron chi connectivity index (χ3n) is 4.76. The Morgan fingerprint density at radius 1 is 1.00 bits per heavy atom. The van der Waals surface area contributed by atoms with Crippen molar-refractivity contribution < 1.29 is 4.79 Å². The highest BCUT2D eigenvalue weighted by Gasteiger charge is 2.21. The maximum atomic E-state index is 12.9. The maximum absolute atomic E-state index is 12.9. The van der Waals surface area contributed by atoms with Gasteiger partial charge < -0.3 is 9.80 Å². The van der Waals surface area contributed by atoms with Crippen molar-refractivity contribution >= 4 is 22.6 Å². The van der Waals surface area contributed by atoms with Crippen LogP contribution in [0.2, 0.25) is 0 Å². The van der Waals surface area contributed by atoms with Crippen molar-refractivity contribution in [3.05, 3.63) is 54.1 Å². The molecule has 0 spiro atoms. The van der Waals surface area contributed by atoms with Gasteiger partial charge in [0.2, 0.25) is 0 Å². The van der Waals surface area contributed by atoms with E-state index in [2.05, 4.69) is 39.5 Å². The van der Waals surface area contributed by atoms with Gasteiger partial charge in [-0.15, -0.1) is 5.10 Å². The Balaban J connectivity index is 1.51. The third kappa shape index (κ3) is 3.07. The molecular formula is C19H21N5O. The molecule has 4 rings (SSSR count). The van der Waals surface area contributed by atoms with Crippen molar-refractivity contribution in [3.8, 4) is 0 Å². The summed E-state index contributed by atoms with van der Waals surface area (Å²) in [6.45, 7) is 3.34. The van der Waals surface area contributed by atoms with E-state index in [9.17, 15) is 4.79 Å². The summed E-state index contributed by atoms with van der Waals surface area (Å²) in [5.74, 6) is 0.0815. The van der Waals surface area contributed by atoms with Crippen molar-refractivity contribution in [2.24, 2.45) is 7.05 Å². The minimum atomic E-state index is 0.0815. The number of amides is 1. The number of nitrogens with zero attached hydrogens (tertiary/aromatic N) is 5. The van der Waals surface area contributed by atoms with E-state index in [0.29, 0.717) is 5.56 Å². The molecule has 2 aromatic carbocycles. The van der Waals surface area contributed by atoms with E-state index in [0.717, 1.165) is 43.6 Å². The van der Waals surface area contributed by atoms with Crippen molar-refractivity contribution in [2.75, 3.05) is 31.1 Å². The molecule has 0 saturated carbocycles. The zero-order chi connectivity index (χ0) is 17.2. The first kappa shape index (κ1) is 15.6. The van der Waals surface area contributed by atoms with Crippen LogP contribution in [0.5, 0.6) is 0 Å². The maximum Gasteiger partial charge on any atom is 0.253 e. The van der Waals surface area contributed by atoms with Crippen LogP contribution in [0.3, 0.4) is 0 Å².